The molecule has 0 unspecified atom stereocenters. The average molecular weight is 494 g/mol. The molecule has 3 aromatic carbocycles. The molecular formula is C27H28ClN3O4. The number of hydrogen-bond acceptors (Lipinski definition) is 5. The highest BCUT2D eigenvalue weighted by Gasteiger charge is 2.12. The lowest BCUT2D eigenvalue weighted by atomic mass is 10.0. The largest absolute Gasteiger partial charge is 0.493 e. The van der Waals surface area contributed by atoms with Crippen molar-refractivity contribution in [2.75, 3.05) is 7.11 Å². The van der Waals surface area contributed by atoms with Crippen molar-refractivity contribution in [2.45, 2.75) is 32.9 Å². The molecule has 0 fully saturated rings. The van der Waals surface area contributed by atoms with Gasteiger partial charge >= 0.3 is 11.8 Å². The number of hydrogen-bond donors (Lipinski definition) is 2. The summed E-state index contributed by atoms with van der Waals surface area (Å²) in [4.78, 5) is 24.1. The minimum atomic E-state index is -0.852. The van der Waals surface area contributed by atoms with Gasteiger partial charge in [0.15, 0.2) is 11.5 Å². The molecule has 3 rings (SSSR count). The average Bonchev–Trinajstić information content (AvgIpc) is 2.87. The van der Waals surface area contributed by atoms with Crippen LogP contribution in [0.2, 0.25) is 5.02 Å². The standard InChI is InChI=1S/C27H28ClN3O4/c1-18(2)22-9-4-19(5-10-22)15-29-26(32)27(33)31-30-16-21-8-13-24(25(14-21)34-3)35-17-20-6-11-23(28)12-7-20/h4-14,16,18H,15,17H2,1-3H3,(H,29,32)(H,31,33)/b30-16-. The predicted octanol–water partition coefficient (Wildman–Crippen LogP) is 4.82. The SMILES string of the molecule is COc1cc(/C=N\NC(=O)C(=O)NCc2ccc(C(C)C)cc2)ccc1OCc1ccc(Cl)cc1. The van der Waals surface area contributed by atoms with Gasteiger partial charge in [0.05, 0.1) is 13.3 Å². The van der Waals surface area contributed by atoms with Gasteiger partial charge in [0.1, 0.15) is 6.61 Å². The summed E-state index contributed by atoms with van der Waals surface area (Å²) in [6.45, 7) is 4.84. The number of rotatable bonds is 9. The molecule has 0 radical (unpaired) electrons. The first-order valence-electron chi connectivity index (χ1n) is 11.1. The molecule has 0 bridgehead atoms. The van der Waals surface area contributed by atoms with E-state index in [1.807, 2.05) is 36.4 Å². The fourth-order valence-corrected chi connectivity index (χ4v) is 3.25. The maximum atomic E-state index is 12.0. The number of ether oxygens (including phenoxy) is 2. The van der Waals surface area contributed by atoms with E-state index in [-0.39, 0.29) is 6.54 Å². The molecule has 35 heavy (non-hydrogen) atoms. The molecule has 182 valence electrons. The van der Waals surface area contributed by atoms with Crippen LogP contribution < -0.4 is 20.2 Å². The maximum absolute atomic E-state index is 12.0. The molecule has 2 N–H and O–H groups in total. The van der Waals surface area contributed by atoms with E-state index in [0.717, 1.165) is 11.1 Å². The molecular weight excluding hydrogens is 466 g/mol. The number of carbonyl (C=O) groups excluding carboxylic acids is 2. The van der Waals surface area contributed by atoms with Gasteiger partial charge in [0.25, 0.3) is 0 Å². The highest BCUT2D eigenvalue weighted by molar-refractivity contribution is 6.35. The molecule has 0 atom stereocenters. The van der Waals surface area contributed by atoms with Crippen LogP contribution in [-0.4, -0.2) is 25.1 Å². The molecule has 3 aromatic rings. The summed E-state index contributed by atoms with van der Waals surface area (Å²) >= 11 is 5.91. The van der Waals surface area contributed by atoms with Crippen molar-refractivity contribution >= 4 is 29.6 Å². The van der Waals surface area contributed by atoms with Crippen molar-refractivity contribution < 1.29 is 19.1 Å². The topological polar surface area (TPSA) is 89.0 Å². The van der Waals surface area contributed by atoms with E-state index in [1.54, 1.807) is 30.3 Å². The van der Waals surface area contributed by atoms with Crippen molar-refractivity contribution in [3.8, 4) is 11.5 Å². The Bertz CT molecular complexity index is 1180. The van der Waals surface area contributed by atoms with E-state index in [4.69, 9.17) is 21.1 Å². The summed E-state index contributed by atoms with van der Waals surface area (Å²) in [5, 5.41) is 7.11. The van der Waals surface area contributed by atoms with E-state index in [2.05, 4.69) is 29.7 Å². The number of nitrogens with zero attached hydrogens (tertiary/aromatic N) is 1. The molecule has 2 amide bonds. The first-order chi connectivity index (χ1) is 16.9. The third-order valence-corrected chi connectivity index (χ3v) is 5.43. The lowest BCUT2D eigenvalue weighted by Gasteiger charge is -2.11. The Labute approximate surface area is 210 Å². The Morgan fingerprint density at radius 1 is 0.943 bits per heavy atom. The first kappa shape index (κ1) is 25.8. The van der Waals surface area contributed by atoms with Gasteiger partial charge in [-0.15, -0.1) is 0 Å². The van der Waals surface area contributed by atoms with Gasteiger partial charge in [-0.05, 0) is 58.5 Å². The third kappa shape index (κ3) is 7.86. The number of hydrazone groups is 1. The van der Waals surface area contributed by atoms with Crippen molar-refractivity contribution in [1.82, 2.24) is 10.7 Å². The van der Waals surface area contributed by atoms with Gasteiger partial charge in [0.2, 0.25) is 0 Å². The van der Waals surface area contributed by atoms with Gasteiger partial charge in [-0.25, -0.2) is 5.43 Å². The Hall–Kier alpha value is -3.84. The minimum absolute atomic E-state index is 0.253. The van der Waals surface area contributed by atoms with Crippen molar-refractivity contribution in [3.05, 3.63) is 94.0 Å². The van der Waals surface area contributed by atoms with E-state index in [1.165, 1.54) is 18.9 Å². The van der Waals surface area contributed by atoms with E-state index in [9.17, 15) is 9.59 Å². The zero-order chi connectivity index (χ0) is 25.2. The molecule has 0 aliphatic carbocycles. The lowest BCUT2D eigenvalue weighted by molar-refractivity contribution is -0.139. The number of carbonyl (C=O) groups is 2. The van der Waals surface area contributed by atoms with Crippen molar-refractivity contribution in [3.63, 3.8) is 0 Å². The predicted molar refractivity (Wildman–Crippen MR) is 137 cm³/mol. The number of amides is 2. The molecule has 0 spiro atoms. The zero-order valence-electron chi connectivity index (χ0n) is 19.9. The second-order valence-electron chi connectivity index (χ2n) is 8.10. The summed E-state index contributed by atoms with van der Waals surface area (Å²) in [7, 11) is 1.54. The van der Waals surface area contributed by atoms with Crippen LogP contribution in [-0.2, 0) is 22.7 Å². The van der Waals surface area contributed by atoms with Gasteiger partial charge in [-0.1, -0.05) is 61.8 Å². The van der Waals surface area contributed by atoms with Crippen LogP contribution in [0.4, 0.5) is 0 Å². The summed E-state index contributed by atoms with van der Waals surface area (Å²) in [5.41, 5.74) is 5.98. The number of benzene rings is 3. The van der Waals surface area contributed by atoms with E-state index >= 15 is 0 Å². The van der Waals surface area contributed by atoms with Gasteiger partial charge in [-0.3, -0.25) is 9.59 Å². The van der Waals surface area contributed by atoms with Gasteiger partial charge in [0, 0.05) is 11.6 Å². The van der Waals surface area contributed by atoms with Crippen LogP contribution in [0.1, 0.15) is 42.0 Å². The molecule has 0 saturated carbocycles. The number of methoxy groups -OCH3 is 1. The summed E-state index contributed by atoms with van der Waals surface area (Å²) in [5.74, 6) is -0.117. The van der Waals surface area contributed by atoms with Gasteiger partial charge in [-0.2, -0.15) is 5.10 Å². The van der Waals surface area contributed by atoms with Crippen LogP contribution in [0.5, 0.6) is 11.5 Å². The molecule has 0 saturated heterocycles. The highest BCUT2D eigenvalue weighted by Crippen LogP contribution is 2.28. The summed E-state index contributed by atoms with van der Waals surface area (Å²) < 4.78 is 11.2. The quantitative estimate of drug-likeness (QED) is 0.254. The normalized spacial score (nSPS) is 10.9. The summed E-state index contributed by atoms with van der Waals surface area (Å²) in [6.07, 6.45) is 1.42. The zero-order valence-corrected chi connectivity index (χ0v) is 20.6. The fraction of sp³-hybridized carbons (Fsp3) is 0.222. The second kappa shape index (κ2) is 12.6. The van der Waals surface area contributed by atoms with E-state index < -0.39 is 11.8 Å². The van der Waals surface area contributed by atoms with Crippen LogP contribution in [0, 0.1) is 0 Å². The van der Waals surface area contributed by atoms with Crippen LogP contribution in [0.15, 0.2) is 71.8 Å². The van der Waals surface area contributed by atoms with E-state index in [0.29, 0.717) is 34.6 Å². The molecule has 8 heteroatoms. The third-order valence-electron chi connectivity index (χ3n) is 5.18. The maximum Gasteiger partial charge on any atom is 0.329 e. The first-order valence-corrected chi connectivity index (χ1v) is 11.5. The second-order valence-corrected chi connectivity index (χ2v) is 8.54. The fourth-order valence-electron chi connectivity index (χ4n) is 3.12. The number of nitrogens with one attached hydrogen (secondary N) is 2. The monoisotopic (exact) mass is 493 g/mol. The smallest absolute Gasteiger partial charge is 0.329 e. The Kier molecular flexibility index (Phi) is 9.26. The summed E-state index contributed by atoms with van der Waals surface area (Å²) in [6, 6.07) is 20.5. The van der Waals surface area contributed by atoms with Crippen LogP contribution in [0.25, 0.3) is 0 Å². The molecule has 0 aliphatic heterocycles. The molecule has 0 aromatic heterocycles. The Morgan fingerprint density at radius 2 is 1.63 bits per heavy atom. The van der Waals surface area contributed by atoms with Crippen molar-refractivity contribution in [1.29, 1.82) is 0 Å². The number of halogens is 1. The Morgan fingerprint density at radius 3 is 2.29 bits per heavy atom. The van der Waals surface area contributed by atoms with Gasteiger partial charge < -0.3 is 14.8 Å². The molecule has 0 aliphatic rings. The van der Waals surface area contributed by atoms with Crippen LogP contribution in [0.3, 0.4) is 0 Å². The highest BCUT2D eigenvalue weighted by atomic mass is 35.5. The molecule has 0 heterocycles. The van der Waals surface area contributed by atoms with Crippen molar-refractivity contribution in [2.24, 2.45) is 5.10 Å². The minimum Gasteiger partial charge on any atom is -0.493 e. The molecule has 7 nitrogen and oxygen atoms in total. The Balaban J connectivity index is 1.49. The lowest BCUT2D eigenvalue weighted by Crippen LogP contribution is -2.37. The van der Waals surface area contributed by atoms with Crippen LogP contribution >= 0.6 is 11.6 Å².